The van der Waals surface area contributed by atoms with E-state index in [4.69, 9.17) is 0 Å². The van der Waals surface area contributed by atoms with Gasteiger partial charge >= 0.3 is 0 Å². The average Bonchev–Trinajstić information content (AvgIpc) is 3.32. The van der Waals surface area contributed by atoms with Crippen molar-refractivity contribution in [3.05, 3.63) is 35.9 Å². The molecule has 1 aliphatic heterocycles. The summed E-state index contributed by atoms with van der Waals surface area (Å²) < 4.78 is 27.1. The number of nitrogens with zero attached hydrogens (tertiary/aromatic N) is 2. The van der Waals surface area contributed by atoms with Gasteiger partial charge in [0.15, 0.2) is 0 Å². The standard InChI is InChI=1S/C16H24N2O2S/c1-13(2)21(19,20)18-11-10-17(15-8-9-15)12-16(18)14-6-4-3-5-7-14/h3-7,13,15-16H,8-12H2,1-2H3. The molecule has 0 radical (unpaired) electrons. The Kier molecular flexibility index (Phi) is 4.08. The Morgan fingerprint density at radius 2 is 1.76 bits per heavy atom. The summed E-state index contributed by atoms with van der Waals surface area (Å²) in [5.74, 6) is 0. The predicted molar refractivity (Wildman–Crippen MR) is 84.5 cm³/mol. The summed E-state index contributed by atoms with van der Waals surface area (Å²) in [6, 6.07) is 10.7. The Bertz CT molecular complexity index is 582. The Balaban J connectivity index is 1.91. The van der Waals surface area contributed by atoms with Crippen LogP contribution in [0, 0.1) is 0 Å². The zero-order valence-electron chi connectivity index (χ0n) is 12.8. The summed E-state index contributed by atoms with van der Waals surface area (Å²) in [6.45, 7) is 5.83. The second-order valence-electron chi connectivity index (χ2n) is 6.36. The molecule has 0 N–H and O–H groups in total. The van der Waals surface area contributed by atoms with Crippen LogP contribution in [0.15, 0.2) is 30.3 Å². The van der Waals surface area contributed by atoms with E-state index in [0.29, 0.717) is 12.6 Å². The smallest absolute Gasteiger partial charge is 0.217 e. The third-order valence-electron chi connectivity index (χ3n) is 4.53. The maximum Gasteiger partial charge on any atom is 0.217 e. The van der Waals surface area contributed by atoms with Crippen LogP contribution in [0.3, 0.4) is 0 Å². The van der Waals surface area contributed by atoms with Crippen molar-refractivity contribution in [2.24, 2.45) is 0 Å². The minimum absolute atomic E-state index is 0.0482. The Morgan fingerprint density at radius 1 is 1.10 bits per heavy atom. The Morgan fingerprint density at radius 3 is 2.33 bits per heavy atom. The van der Waals surface area contributed by atoms with Gasteiger partial charge in [-0.05, 0) is 32.3 Å². The largest absolute Gasteiger partial charge is 0.297 e. The fourth-order valence-corrected chi connectivity index (χ4v) is 4.50. The number of sulfonamides is 1. The van der Waals surface area contributed by atoms with Gasteiger partial charge in [-0.15, -0.1) is 0 Å². The normalized spacial score (nSPS) is 25.4. The molecular formula is C16H24N2O2S. The number of hydrogen-bond acceptors (Lipinski definition) is 3. The first-order chi connectivity index (χ1) is 10.00. The molecule has 2 fully saturated rings. The molecule has 5 heteroatoms. The zero-order valence-corrected chi connectivity index (χ0v) is 13.6. The van der Waals surface area contributed by atoms with Crippen LogP contribution in [0.5, 0.6) is 0 Å². The molecule has 4 nitrogen and oxygen atoms in total. The van der Waals surface area contributed by atoms with Crippen molar-refractivity contribution >= 4 is 10.0 Å². The molecule has 0 bridgehead atoms. The molecule has 3 rings (SSSR count). The number of rotatable bonds is 4. The highest BCUT2D eigenvalue weighted by molar-refractivity contribution is 7.89. The van der Waals surface area contributed by atoms with Crippen LogP contribution >= 0.6 is 0 Å². The van der Waals surface area contributed by atoms with Gasteiger partial charge in [-0.2, -0.15) is 4.31 Å². The summed E-state index contributed by atoms with van der Waals surface area (Å²) in [4.78, 5) is 2.46. The molecule has 1 aromatic rings. The molecule has 0 amide bonds. The van der Waals surface area contributed by atoms with Crippen LogP contribution in [0.25, 0.3) is 0 Å². The molecule has 1 unspecified atom stereocenters. The zero-order chi connectivity index (χ0) is 15.0. The average molecular weight is 308 g/mol. The topological polar surface area (TPSA) is 40.6 Å². The van der Waals surface area contributed by atoms with E-state index in [0.717, 1.165) is 18.7 Å². The van der Waals surface area contributed by atoms with Crippen molar-refractivity contribution in [3.8, 4) is 0 Å². The van der Waals surface area contributed by atoms with Crippen LogP contribution in [0.4, 0.5) is 0 Å². The van der Waals surface area contributed by atoms with E-state index in [1.807, 2.05) is 30.3 Å². The minimum atomic E-state index is -3.22. The highest BCUT2D eigenvalue weighted by Gasteiger charge is 2.41. The van der Waals surface area contributed by atoms with Gasteiger partial charge in [0, 0.05) is 25.7 Å². The first-order valence-corrected chi connectivity index (χ1v) is 9.30. The Hall–Kier alpha value is -0.910. The van der Waals surface area contributed by atoms with Gasteiger partial charge in [0.25, 0.3) is 0 Å². The molecule has 2 aliphatic rings. The van der Waals surface area contributed by atoms with E-state index in [9.17, 15) is 8.42 Å². The van der Waals surface area contributed by atoms with E-state index in [1.165, 1.54) is 12.8 Å². The summed E-state index contributed by atoms with van der Waals surface area (Å²) in [6.07, 6.45) is 2.52. The lowest BCUT2D eigenvalue weighted by molar-refractivity contribution is 0.128. The Labute approximate surface area is 127 Å². The minimum Gasteiger partial charge on any atom is -0.297 e. The van der Waals surface area contributed by atoms with Gasteiger partial charge in [0.1, 0.15) is 0 Å². The number of benzene rings is 1. The monoisotopic (exact) mass is 308 g/mol. The first kappa shape index (κ1) is 15.0. The molecule has 21 heavy (non-hydrogen) atoms. The second kappa shape index (κ2) is 5.71. The molecular weight excluding hydrogens is 284 g/mol. The van der Waals surface area contributed by atoms with Crippen molar-refractivity contribution in [3.63, 3.8) is 0 Å². The molecule has 1 atom stereocenters. The van der Waals surface area contributed by atoms with E-state index in [2.05, 4.69) is 4.90 Å². The molecule has 116 valence electrons. The third-order valence-corrected chi connectivity index (χ3v) is 6.82. The molecule has 1 heterocycles. The third kappa shape index (κ3) is 3.00. The predicted octanol–water partition coefficient (Wildman–Crippen LogP) is 2.25. The molecule has 1 aromatic carbocycles. The molecule has 1 saturated carbocycles. The van der Waals surface area contributed by atoms with Gasteiger partial charge < -0.3 is 0 Å². The summed E-state index contributed by atoms with van der Waals surface area (Å²) in [5, 5.41) is -0.365. The second-order valence-corrected chi connectivity index (χ2v) is 8.80. The van der Waals surface area contributed by atoms with Crippen molar-refractivity contribution in [1.82, 2.24) is 9.21 Å². The van der Waals surface area contributed by atoms with Crippen LogP contribution < -0.4 is 0 Å². The van der Waals surface area contributed by atoms with E-state index in [-0.39, 0.29) is 11.3 Å². The van der Waals surface area contributed by atoms with Gasteiger partial charge in [0.05, 0.1) is 11.3 Å². The fraction of sp³-hybridized carbons (Fsp3) is 0.625. The molecule has 0 spiro atoms. The van der Waals surface area contributed by atoms with Crippen LogP contribution in [-0.2, 0) is 10.0 Å². The highest BCUT2D eigenvalue weighted by Crippen LogP contribution is 2.35. The van der Waals surface area contributed by atoms with Gasteiger partial charge in [-0.3, -0.25) is 4.90 Å². The van der Waals surface area contributed by atoms with Crippen molar-refractivity contribution in [2.75, 3.05) is 19.6 Å². The van der Waals surface area contributed by atoms with Gasteiger partial charge in [0.2, 0.25) is 10.0 Å². The number of piperazine rings is 1. The maximum atomic E-state index is 12.7. The van der Waals surface area contributed by atoms with Crippen molar-refractivity contribution in [1.29, 1.82) is 0 Å². The summed E-state index contributed by atoms with van der Waals surface area (Å²) in [7, 11) is -3.22. The van der Waals surface area contributed by atoms with Crippen molar-refractivity contribution < 1.29 is 8.42 Å². The lowest BCUT2D eigenvalue weighted by Crippen LogP contribution is -2.52. The molecule has 1 saturated heterocycles. The highest BCUT2D eigenvalue weighted by atomic mass is 32.2. The van der Waals surface area contributed by atoms with Gasteiger partial charge in [-0.1, -0.05) is 30.3 Å². The SMILES string of the molecule is CC(C)S(=O)(=O)N1CCN(C2CC2)CC1c1ccccc1. The lowest BCUT2D eigenvalue weighted by atomic mass is 10.0. The van der Waals surface area contributed by atoms with Gasteiger partial charge in [-0.25, -0.2) is 8.42 Å². The van der Waals surface area contributed by atoms with Crippen LogP contribution in [-0.4, -0.2) is 48.5 Å². The lowest BCUT2D eigenvalue weighted by Gasteiger charge is -2.41. The number of hydrogen-bond donors (Lipinski definition) is 0. The summed E-state index contributed by atoms with van der Waals surface area (Å²) >= 11 is 0. The quantitative estimate of drug-likeness (QED) is 0.856. The van der Waals surface area contributed by atoms with Crippen molar-refractivity contribution in [2.45, 2.75) is 44.0 Å². The maximum absolute atomic E-state index is 12.7. The summed E-state index contributed by atoms with van der Waals surface area (Å²) in [5.41, 5.74) is 1.10. The first-order valence-electron chi connectivity index (χ1n) is 7.80. The molecule has 0 aromatic heterocycles. The van der Waals surface area contributed by atoms with E-state index in [1.54, 1.807) is 18.2 Å². The van der Waals surface area contributed by atoms with E-state index >= 15 is 0 Å². The van der Waals surface area contributed by atoms with Crippen LogP contribution in [0.2, 0.25) is 0 Å². The fourth-order valence-electron chi connectivity index (χ4n) is 3.08. The van der Waals surface area contributed by atoms with E-state index < -0.39 is 10.0 Å². The molecule has 1 aliphatic carbocycles. The van der Waals surface area contributed by atoms with Crippen LogP contribution in [0.1, 0.15) is 38.3 Å².